The monoisotopic (exact) mass is 254 g/mol. The third-order valence-corrected chi connectivity index (χ3v) is 1.98. The van der Waals surface area contributed by atoms with Gasteiger partial charge in [-0.2, -0.15) is 0 Å². The highest BCUT2D eigenvalue weighted by Gasteiger charge is 2.11. The number of ether oxygens (including phenoxy) is 1. The van der Waals surface area contributed by atoms with Crippen molar-refractivity contribution in [2.24, 2.45) is 0 Å². The number of terminal acetylenes is 1. The SMILES string of the molecule is C#CCOc1ccc(Br)cc1C(=O)O. The largest absolute Gasteiger partial charge is 0.480 e. The van der Waals surface area contributed by atoms with Crippen LogP contribution in [0.3, 0.4) is 0 Å². The van der Waals surface area contributed by atoms with Crippen LogP contribution in [0.1, 0.15) is 10.4 Å². The minimum atomic E-state index is -1.04. The average molecular weight is 255 g/mol. The lowest BCUT2D eigenvalue weighted by molar-refractivity contribution is 0.0693. The molecule has 0 saturated heterocycles. The molecular weight excluding hydrogens is 248 g/mol. The molecule has 0 aromatic heterocycles. The van der Waals surface area contributed by atoms with Gasteiger partial charge in [-0.1, -0.05) is 21.9 Å². The third-order valence-electron chi connectivity index (χ3n) is 1.48. The van der Waals surface area contributed by atoms with Crippen LogP contribution in [0, 0.1) is 12.3 Å². The molecule has 1 N–H and O–H groups in total. The summed E-state index contributed by atoms with van der Waals surface area (Å²) in [6, 6.07) is 4.72. The van der Waals surface area contributed by atoms with Crippen LogP contribution >= 0.6 is 15.9 Å². The fourth-order valence-electron chi connectivity index (χ4n) is 0.915. The third kappa shape index (κ3) is 2.51. The van der Waals surface area contributed by atoms with Crippen molar-refractivity contribution in [3.05, 3.63) is 28.2 Å². The number of carboxylic acids is 1. The predicted molar refractivity (Wildman–Crippen MR) is 55.4 cm³/mol. The van der Waals surface area contributed by atoms with E-state index >= 15 is 0 Å². The fraction of sp³-hybridized carbons (Fsp3) is 0.100. The van der Waals surface area contributed by atoms with Gasteiger partial charge in [0, 0.05) is 4.47 Å². The first-order chi connectivity index (χ1) is 6.65. The molecule has 1 aromatic carbocycles. The van der Waals surface area contributed by atoms with Gasteiger partial charge in [0.2, 0.25) is 0 Å². The van der Waals surface area contributed by atoms with E-state index in [1.807, 2.05) is 0 Å². The standard InChI is InChI=1S/C10H7BrO3/c1-2-5-14-9-4-3-7(11)6-8(9)10(12)13/h1,3-4,6H,5H2,(H,12,13). The van der Waals surface area contributed by atoms with E-state index < -0.39 is 5.97 Å². The van der Waals surface area contributed by atoms with E-state index in [0.717, 1.165) is 0 Å². The van der Waals surface area contributed by atoms with Crippen LogP contribution in [0.2, 0.25) is 0 Å². The molecule has 1 aromatic rings. The lowest BCUT2D eigenvalue weighted by atomic mass is 10.2. The quantitative estimate of drug-likeness (QED) is 0.842. The molecule has 0 spiro atoms. The van der Waals surface area contributed by atoms with Gasteiger partial charge < -0.3 is 9.84 Å². The minimum Gasteiger partial charge on any atom is -0.480 e. The van der Waals surface area contributed by atoms with Gasteiger partial charge in [0.05, 0.1) is 0 Å². The summed E-state index contributed by atoms with van der Waals surface area (Å²) >= 11 is 3.17. The van der Waals surface area contributed by atoms with Crippen molar-refractivity contribution < 1.29 is 14.6 Å². The highest BCUT2D eigenvalue weighted by atomic mass is 79.9. The van der Waals surface area contributed by atoms with Gasteiger partial charge in [-0.15, -0.1) is 6.42 Å². The lowest BCUT2D eigenvalue weighted by Crippen LogP contribution is -2.03. The van der Waals surface area contributed by atoms with Gasteiger partial charge in [-0.25, -0.2) is 4.79 Å². The number of carbonyl (C=O) groups is 1. The van der Waals surface area contributed by atoms with E-state index in [-0.39, 0.29) is 17.9 Å². The molecule has 3 nitrogen and oxygen atoms in total. The van der Waals surface area contributed by atoms with Crippen LogP contribution in [0.4, 0.5) is 0 Å². The molecule has 0 bridgehead atoms. The number of hydrogen-bond acceptors (Lipinski definition) is 2. The van der Waals surface area contributed by atoms with E-state index in [9.17, 15) is 4.79 Å². The highest BCUT2D eigenvalue weighted by molar-refractivity contribution is 9.10. The number of rotatable bonds is 3. The molecule has 0 heterocycles. The molecule has 1 rings (SSSR count). The van der Waals surface area contributed by atoms with Crippen molar-refractivity contribution in [3.8, 4) is 18.1 Å². The van der Waals surface area contributed by atoms with E-state index in [0.29, 0.717) is 4.47 Å². The van der Waals surface area contributed by atoms with Crippen molar-refractivity contribution in [1.82, 2.24) is 0 Å². The first-order valence-electron chi connectivity index (χ1n) is 3.74. The normalized spacial score (nSPS) is 9.14. The smallest absolute Gasteiger partial charge is 0.339 e. The van der Waals surface area contributed by atoms with Crippen molar-refractivity contribution in [2.75, 3.05) is 6.61 Å². The lowest BCUT2D eigenvalue weighted by Gasteiger charge is -2.06. The molecule has 0 fully saturated rings. The van der Waals surface area contributed by atoms with Crippen molar-refractivity contribution >= 4 is 21.9 Å². The molecule has 0 saturated carbocycles. The molecule has 0 aliphatic heterocycles. The van der Waals surface area contributed by atoms with Gasteiger partial charge in [0.15, 0.2) is 0 Å². The predicted octanol–water partition coefficient (Wildman–Crippen LogP) is 2.16. The van der Waals surface area contributed by atoms with E-state index in [4.69, 9.17) is 16.3 Å². The molecule has 0 atom stereocenters. The Hall–Kier alpha value is -1.47. The van der Waals surface area contributed by atoms with Crippen molar-refractivity contribution in [2.45, 2.75) is 0 Å². The summed E-state index contributed by atoms with van der Waals surface area (Å²) in [7, 11) is 0. The van der Waals surface area contributed by atoms with E-state index in [1.165, 1.54) is 6.07 Å². The summed E-state index contributed by atoms with van der Waals surface area (Å²) in [5, 5.41) is 8.84. The van der Waals surface area contributed by atoms with E-state index in [1.54, 1.807) is 12.1 Å². The Bertz CT molecular complexity index is 393. The Morgan fingerprint density at radius 1 is 1.64 bits per heavy atom. The molecule has 0 aliphatic carbocycles. The summed E-state index contributed by atoms with van der Waals surface area (Å²) < 4.78 is 5.75. The average Bonchev–Trinajstić information content (AvgIpc) is 2.15. The van der Waals surface area contributed by atoms with Gasteiger partial charge >= 0.3 is 5.97 Å². The molecule has 14 heavy (non-hydrogen) atoms. The first kappa shape index (κ1) is 10.6. The fourth-order valence-corrected chi connectivity index (χ4v) is 1.28. The van der Waals surface area contributed by atoms with Crippen LogP contribution in [0.15, 0.2) is 22.7 Å². The number of benzene rings is 1. The number of aromatic carboxylic acids is 1. The molecule has 0 unspecified atom stereocenters. The van der Waals surface area contributed by atoms with Crippen LogP contribution in [0.5, 0.6) is 5.75 Å². The number of hydrogen-bond donors (Lipinski definition) is 1. The molecule has 0 aliphatic rings. The Morgan fingerprint density at radius 3 is 2.93 bits per heavy atom. The van der Waals surface area contributed by atoms with Crippen LogP contribution < -0.4 is 4.74 Å². The van der Waals surface area contributed by atoms with Gasteiger partial charge in [-0.3, -0.25) is 0 Å². The zero-order valence-corrected chi connectivity index (χ0v) is 8.74. The summed E-state index contributed by atoms with van der Waals surface area (Å²) in [4.78, 5) is 10.8. The molecule has 0 radical (unpaired) electrons. The van der Waals surface area contributed by atoms with Crippen molar-refractivity contribution in [3.63, 3.8) is 0 Å². The number of halogens is 1. The maximum Gasteiger partial charge on any atom is 0.339 e. The topological polar surface area (TPSA) is 46.5 Å². The van der Waals surface area contributed by atoms with E-state index in [2.05, 4.69) is 21.9 Å². The van der Waals surface area contributed by atoms with Gasteiger partial charge in [0.25, 0.3) is 0 Å². The Labute approximate surface area is 89.8 Å². The molecule has 72 valence electrons. The van der Waals surface area contributed by atoms with Crippen molar-refractivity contribution in [1.29, 1.82) is 0 Å². The Morgan fingerprint density at radius 2 is 2.36 bits per heavy atom. The van der Waals surface area contributed by atoms with Gasteiger partial charge in [-0.05, 0) is 18.2 Å². The second-order valence-corrected chi connectivity index (χ2v) is 3.35. The molecule has 0 amide bonds. The summed E-state index contributed by atoms with van der Waals surface area (Å²) in [6.07, 6.45) is 5.00. The minimum absolute atomic E-state index is 0.0575. The zero-order valence-electron chi connectivity index (χ0n) is 7.16. The Kier molecular flexibility index (Phi) is 3.55. The first-order valence-corrected chi connectivity index (χ1v) is 4.53. The molecular formula is C10H7BrO3. The summed E-state index contributed by atoms with van der Waals surface area (Å²) in [5.41, 5.74) is 0.0922. The highest BCUT2D eigenvalue weighted by Crippen LogP contribution is 2.23. The zero-order chi connectivity index (χ0) is 10.6. The maximum absolute atomic E-state index is 10.8. The van der Waals surface area contributed by atoms with Crippen LogP contribution in [-0.2, 0) is 0 Å². The van der Waals surface area contributed by atoms with Crippen LogP contribution in [-0.4, -0.2) is 17.7 Å². The molecule has 4 heteroatoms. The second-order valence-electron chi connectivity index (χ2n) is 2.44. The second kappa shape index (κ2) is 4.68. The van der Waals surface area contributed by atoms with Gasteiger partial charge in [0.1, 0.15) is 17.9 Å². The summed E-state index contributed by atoms with van der Waals surface area (Å²) in [5.74, 6) is 1.50. The summed E-state index contributed by atoms with van der Waals surface area (Å²) in [6.45, 7) is 0.0575. The Balaban J connectivity index is 3.03. The maximum atomic E-state index is 10.8. The van der Waals surface area contributed by atoms with Crippen LogP contribution in [0.25, 0.3) is 0 Å². The number of carboxylic acid groups (broad SMARTS) is 1.